The Kier molecular flexibility index (Phi) is 6.31. The van der Waals surface area contributed by atoms with Gasteiger partial charge in [0.05, 0.1) is 21.8 Å². The van der Waals surface area contributed by atoms with Crippen LogP contribution in [0.2, 0.25) is 0 Å². The van der Waals surface area contributed by atoms with Crippen LogP contribution in [0, 0.1) is 13.8 Å². The maximum absolute atomic E-state index is 13.5. The van der Waals surface area contributed by atoms with Gasteiger partial charge in [0.1, 0.15) is 11.5 Å². The standard InChI is InChI=1S/C29H22N2O4S/c1-18-9-11-22(12-10-18)30-29-31(23-8-3-5-19(2)15-23)27(32)26(36-29)17-24-13-14-25(35-24)20-6-4-7-21(16-20)28(33)34/h3-17H,1-2H3,(H,33,34)/b26-17-,30-29?. The number of aryl methyl sites for hydroxylation is 2. The number of carboxylic acid groups (broad SMARTS) is 1. The molecule has 36 heavy (non-hydrogen) atoms. The van der Waals surface area contributed by atoms with Gasteiger partial charge in [-0.2, -0.15) is 0 Å². The zero-order chi connectivity index (χ0) is 25.2. The molecule has 0 aliphatic carbocycles. The third-order valence-electron chi connectivity index (χ3n) is 5.62. The molecule has 4 aromatic rings. The monoisotopic (exact) mass is 494 g/mol. The molecule has 0 saturated carbocycles. The molecule has 0 spiro atoms. The number of benzene rings is 3. The molecule has 0 atom stereocenters. The highest BCUT2D eigenvalue weighted by Crippen LogP contribution is 2.38. The van der Waals surface area contributed by atoms with Crippen molar-refractivity contribution in [2.24, 2.45) is 4.99 Å². The molecule has 1 aromatic heterocycles. The van der Waals surface area contributed by atoms with Gasteiger partial charge in [0.15, 0.2) is 5.17 Å². The lowest BCUT2D eigenvalue weighted by Crippen LogP contribution is -2.28. The van der Waals surface area contributed by atoms with Gasteiger partial charge >= 0.3 is 5.97 Å². The summed E-state index contributed by atoms with van der Waals surface area (Å²) in [6.45, 7) is 3.99. The second kappa shape index (κ2) is 9.71. The molecule has 0 unspecified atom stereocenters. The van der Waals surface area contributed by atoms with Crippen LogP contribution in [0.1, 0.15) is 27.2 Å². The summed E-state index contributed by atoms with van der Waals surface area (Å²) < 4.78 is 5.95. The second-order valence-corrected chi connectivity index (χ2v) is 9.42. The van der Waals surface area contributed by atoms with Gasteiger partial charge in [0.2, 0.25) is 0 Å². The van der Waals surface area contributed by atoms with E-state index in [0.29, 0.717) is 27.2 Å². The number of hydrogen-bond acceptors (Lipinski definition) is 5. The van der Waals surface area contributed by atoms with Crippen LogP contribution < -0.4 is 4.90 Å². The average Bonchev–Trinajstić information content (AvgIpc) is 3.45. The van der Waals surface area contributed by atoms with Crippen LogP contribution in [0.4, 0.5) is 11.4 Å². The van der Waals surface area contributed by atoms with Crippen molar-refractivity contribution in [1.29, 1.82) is 0 Å². The summed E-state index contributed by atoms with van der Waals surface area (Å²) in [5.74, 6) is -0.190. The van der Waals surface area contributed by atoms with Gasteiger partial charge in [0.25, 0.3) is 5.91 Å². The van der Waals surface area contributed by atoms with Crippen molar-refractivity contribution in [2.75, 3.05) is 4.90 Å². The van der Waals surface area contributed by atoms with E-state index in [0.717, 1.165) is 22.5 Å². The lowest BCUT2D eigenvalue weighted by molar-refractivity contribution is -0.113. The summed E-state index contributed by atoms with van der Waals surface area (Å²) in [6, 6.07) is 25.6. The van der Waals surface area contributed by atoms with Crippen molar-refractivity contribution in [3.05, 3.63) is 112 Å². The SMILES string of the molecule is Cc1ccc(N=C2S/C(=C\c3ccc(-c4cccc(C(=O)O)c4)o3)C(=O)N2c2cccc(C)c2)cc1. The summed E-state index contributed by atoms with van der Waals surface area (Å²) >= 11 is 1.28. The van der Waals surface area contributed by atoms with Crippen molar-refractivity contribution in [3.63, 3.8) is 0 Å². The van der Waals surface area contributed by atoms with Gasteiger partial charge in [-0.05, 0) is 79.7 Å². The van der Waals surface area contributed by atoms with Crippen LogP contribution in [0.3, 0.4) is 0 Å². The van der Waals surface area contributed by atoms with E-state index in [1.807, 2.05) is 62.4 Å². The van der Waals surface area contributed by atoms with Crippen LogP contribution >= 0.6 is 11.8 Å². The maximum Gasteiger partial charge on any atom is 0.335 e. The fraction of sp³-hybridized carbons (Fsp3) is 0.0690. The topological polar surface area (TPSA) is 83.1 Å². The van der Waals surface area contributed by atoms with Crippen molar-refractivity contribution in [2.45, 2.75) is 13.8 Å². The summed E-state index contributed by atoms with van der Waals surface area (Å²) in [5.41, 5.74) is 4.49. The van der Waals surface area contributed by atoms with Gasteiger partial charge < -0.3 is 9.52 Å². The van der Waals surface area contributed by atoms with Crippen LogP contribution in [0.15, 0.2) is 99.2 Å². The number of amidine groups is 1. The predicted molar refractivity (Wildman–Crippen MR) is 144 cm³/mol. The van der Waals surface area contributed by atoms with Gasteiger partial charge in [-0.25, -0.2) is 9.79 Å². The molecule has 1 aliphatic heterocycles. The van der Waals surface area contributed by atoms with E-state index in [1.54, 1.807) is 41.3 Å². The number of aromatic carboxylic acids is 1. The number of anilines is 1. The number of aliphatic imine (C=N–C) groups is 1. The normalized spacial score (nSPS) is 15.7. The summed E-state index contributed by atoms with van der Waals surface area (Å²) in [6.07, 6.45) is 1.69. The van der Waals surface area contributed by atoms with Gasteiger partial charge in [-0.3, -0.25) is 9.69 Å². The molecule has 1 aliphatic rings. The molecular weight excluding hydrogens is 472 g/mol. The lowest BCUT2D eigenvalue weighted by atomic mass is 10.1. The fourth-order valence-electron chi connectivity index (χ4n) is 3.79. The van der Waals surface area contributed by atoms with E-state index in [4.69, 9.17) is 9.41 Å². The van der Waals surface area contributed by atoms with E-state index in [-0.39, 0.29) is 11.5 Å². The molecule has 1 saturated heterocycles. The average molecular weight is 495 g/mol. The first-order valence-corrected chi connectivity index (χ1v) is 12.1. The third kappa shape index (κ3) is 4.87. The van der Waals surface area contributed by atoms with Crippen molar-refractivity contribution < 1.29 is 19.1 Å². The van der Waals surface area contributed by atoms with E-state index < -0.39 is 5.97 Å². The van der Waals surface area contributed by atoms with E-state index >= 15 is 0 Å². The molecule has 7 heteroatoms. The van der Waals surface area contributed by atoms with Crippen LogP contribution in [-0.2, 0) is 4.79 Å². The highest BCUT2D eigenvalue weighted by Gasteiger charge is 2.35. The van der Waals surface area contributed by atoms with Crippen LogP contribution in [0.25, 0.3) is 17.4 Å². The molecular formula is C29H22N2O4S. The first-order chi connectivity index (χ1) is 17.4. The zero-order valence-electron chi connectivity index (χ0n) is 19.6. The number of nitrogens with zero attached hydrogens (tertiary/aromatic N) is 2. The predicted octanol–water partition coefficient (Wildman–Crippen LogP) is 7.07. The number of hydrogen-bond donors (Lipinski definition) is 1. The zero-order valence-corrected chi connectivity index (χ0v) is 20.5. The van der Waals surface area contributed by atoms with Crippen molar-refractivity contribution >= 4 is 46.3 Å². The van der Waals surface area contributed by atoms with Gasteiger partial charge in [-0.15, -0.1) is 0 Å². The van der Waals surface area contributed by atoms with Crippen LogP contribution in [0.5, 0.6) is 0 Å². The lowest BCUT2D eigenvalue weighted by Gasteiger charge is -2.16. The highest BCUT2D eigenvalue weighted by molar-refractivity contribution is 8.19. The smallest absolute Gasteiger partial charge is 0.335 e. The van der Waals surface area contributed by atoms with Crippen molar-refractivity contribution in [1.82, 2.24) is 0 Å². The molecule has 178 valence electrons. The number of carboxylic acids is 1. The number of thioether (sulfide) groups is 1. The van der Waals surface area contributed by atoms with E-state index in [9.17, 15) is 14.7 Å². The Labute approximate surface area is 212 Å². The Balaban J connectivity index is 1.50. The first kappa shape index (κ1) is 23.4. The van der Waals surface area contributed by atoms with E-state index in [1.165, 1.54) is 17.8 Å². The summed E-state index contributed by atoms with van der Waals surface area (Å²) in [5, 5.41) is 9.82. The fourth-order valence-corrected chi connectivity index (χ4v) is 4.77. The highest BCUT2D eigenvalue weighted by atomic mass is 32.2. The Hall–Kier alpha value is -4.36. The molecule has 1 amide bonds. The third-order valence-corrected chi connectivity index (χ3v) is 6.59. The Morgan fingerprint density at radius 1 is 0.944 bits per heavy atom. The number of carbonyl (C=O) groups is 2. The number of carbonyl (C=O) groups excluding carboxylic acids is 1. The molecule has 5 rings (SSSR count). The summed E-state index contributed by atoms with van der Waals surface area (Å²) in [4.78, 5) is 31.7. The molecule has 1 fully saturated rings. The summed E-state index contributed by atoms with van der Waals surface area (Å²) in [7, 11) is 0. The van der Waals surface area contributed by atoms with Gasteiger partial charge in [0, 0.05) is 11.6 Å². The number of furan rings is 1. The first-order valence-electron chi connectivity index (χ1n) is 11.3. The molecule has 0 bridgehead atoms. The minimum atomic E-state index is -1.00. The van der Waals surface area contributed by atoms with Crippen LogP contribution in [-0.4, -0.2) is 22.2 Å². The molecule has 6 nitrogen and oxygen atoms in total. The Morgan fingerprint density at radius 3 is 2.47 bits per heavy atom. The minimum Gasteiger partial charge on any atom is -0.478 e. The largest absolute Gasteiger partial charge is 0.478 e. The Bertz CT molecular complexity index is 1530. The maximum atomic E-state index is 13.5. The molecule has 0 radical (unpaired) electrons. The molecule has 3 aromatic carbocycles. The van der Waals surface area contributed by atoms with Crippen molar-refractivity contribution in [3.8, 4) is 11.3 Å². The number of rotatable bonds is 5. The van der Waals surface area contributed by atoms with E-state index in [2.05, 4.69) is 0 Å². The quantitative estimate of drug-likeness (QED) is 0.300. The molecule has 1 N–H and O–H groups in total. The van der Waals surface area contributed by atoms with Gasteiger partial charge in [-0.1, -0.05) is 42.0 Å². The minimum absolute atomic E-state index is 0.177. The Morgan fingerprint density at radius 2 is 1.72 bits per heavy atom. The number of amides is 1. The second-order valence-electron chi connectivity index (χ2n) is 8.41. The molecule has 2 heterocycles.